The zero-order valence-corrected chi connectivity index (χ0v) is 14.5. The highest BCUT2D eigenvalue weighted by Crippen LogP contribution is 2.36. The third kappa shape index (κ3) is 3.24. The predicted octanol–water partition coefficient (Wildman–Crippen LogP) is 4.28. The Kier molecular flexibility index (Phi) is 5.27. The van der Waals surface area contributed by atoms with Crippen LogP contribution in [0.5, 0.6) is 5.75 Å². The lowest BCUT2D eigenvalue weighted by Gasteiger charge is -2.22. The van der Waals surface area contributed by atoms with Crippen molar-refractivity contribution in [3.05, 3.63) is 62.1 Å². The van der Waals surface area contributed by atoms with E-state index in [0.717, 1.165) is 26.9 Å². The van der Waals surface area contributed by atoms with Crippen molar-refractivity contribution in [1.29, 1.82) is 0 Å². The maximum absolute atomic E-state index is 6.01. The Balaban J connectivity index is 2.59. The van der Waals surface area contributed by atoms with Gasteiger partial charge in [0.2, 0.25) is 0 Å². The fourth-order valence-electron chi connectivity index (χ4n) is 2.39. The second kappa shape index (κ2) is 6.79. The minimum atomic E-state index is -0.189. The van der Waals surface area contributed by atoms with Crippen LogP contribution in [0.1, 0.15) is 28.3 Å². The van der Waals surface area contributed by atoms with E-state index in [2.05, 4.69) is 34.3 Å². The van der Waals surface area contributed by atoms with E-state index in [9.17, 15) is 0 Å². The first kappa shape index (κ1) is 16.3. The summed E-state index contributed by atoms with van der Waals surface area (Å²) in [6.45, 7) is 4.10. The van der Waals surface area contributed by atoms with Gasteiger partial charge in [-0.1, -0.05) is 45.7 Å². The van der Waals surface area contributed by atoms with Crippen molar-refractivity contribution >= 4 is 27.5 Å². The summed E-state index contributed by atoms with van der Waals surface area (Å²) in [5, 5.41) is 0.674. The molecule has 0 spiro atoms. The number of rotatable bonds is 4. The van der Waals surface area contributed by atoms with Crippen LogP contribution in [-0.4, -0.2) is 7.11 Å². The number of nitrogens with two attached hydrogens (primary N) is 1. The molecule has 0 heterocycles. The molecular formula is C16H18BrClN2O. The van der Waals surface area contributed by atoms with Crippen LogP contribution in [0.25, 0.3) is 0 Å². The summed E-state index contributed by atoms with van der Waals surface area (Å²) in [5.41, 5.74) is 7.15. The molecule has 112 valence electrons. The number of hydrogen-bond donors (Lipinski definition) is 2. The number of methoxy groups -OCH3 is 1. The maximum atomic E-state index is 6.01. The Morgan fingerprint density at radius 1 is 1.19 bits per heavy atom. The summed E-state index contributed by atoms with van der Waals surface area (Å²) in [6.07, 6.45) is 0. The molecule has 3 nitrogen and oxygen atoms in total. The summed E-state index contributed by atoms with van der Waals surface area (Å²) in [5.74, 6) is 6.64. The molecule has 1 atom stereocenters. The fourth-order valence-corrected chi connectivity index (χ4v) is 3.30. The quantitative estimate of drug-likeness (QED) is 0.624. The van der Waals surface area contributed by atoms with E-state index in [1.54, 1.807) is 7.11 Å². The maximum Gasteiger partial charge on any atom is 0.127 e. The van der Waals surface area contributed by atoms with Crippen LogP contribution in [0, 0.1) is 13.8 Å². The van der Waals surface area contributed by atoms with Gasteiger partial charge in [-0.25, -0.2) is 5.43 Å². The number of hydrazine groups is 1. The van der Waals surface area contributed by atoms with E-state index in [-0.39, 0.29) is 6.04 Å². The summed E-state index contributed by atoms with van der Waals surface area (Å²) in [6, 6.07) is 9.57. The third-order valence-corrected chi connectivity index (χ3v) is 4.58. The minimum Gasteiger partial charge on any atom is -0.496 e. The van der Waals surface area contributed by atoms with E-state index in [1.165, 1.54) is 5.56 Å². The molecular weight excluding hydrogens is 352 g/mol. The second-order valence-electron chi connectivity index (χ2n) is 4.90. The average molecular weight is 370 g/mol. The Bertz CT molecular complexity index is 661. The van der Waals surface area contributed by atoms with E-state index in [1.807, 2.05) is 31.2 Å². The van der Waals surface area contributed by atoms with Crippen molar-refractivity contribution in [3.8, 4) is 5.75 Å². The van der Waals surface area contributed by atoms with Crippen molar-refractivity contribution in [2.24, 2.45) is 5.84 Å². The summed E-state index contributed by atoms with van der Waals surface area (Å²) in [4.78, 5) is 0. The highest BCUT2D eigenvalue weighted by atomic mass is 79.9. The largest absolute Gasteiger partial charge is 0.496 e. The van der Waals surface area contributed by atoms with Gasteiger partial charge < -0.3 is 4.74 Å². The number of benzene rings is 2. The number of hydrogen-bond acceptors (Lipinski definition) is 3. The van der Waals surface area contributed by atoms with Crippen molar-refractivity contribution in [2.45, 2.75) is 19.9 Å². The lowest BCUT2D eigenvalue weighted by molar-refractivity contribution is 0.400. The van der Waals surface area contributed by atoms with Crippen LogP contribution >= 0.6 is 27.5 Å². The normalized spacial score (nSPS) is 12.3. The molecule has 0 aliphatic carbocycles. The Morgan fingerprint density at radius 2 is 1.86 bits per heavy atom. The lowest BCUT2D eigenvalue weighted by atomic mass is 9.94. The zero-order valence-electron chi connectivity index (χ0n) is 12.2. The van der Waals surface area contributed by atoms with Crippen LogP contribution in [0.3, 0.4) is 0 Å². The molecule has 5 heteroatoms. The first-order chi connectivity index (χ1) is 9.99. The molecule has 0 saturated carbocycles. The van der Waals surface area contributed by atoms with Gasteiger partial charge in [0.05, 0.1) is 13.2 Å². The summed E-state index contributed by atoms with van der Waals surface area (Å²) < 4.78 is 6.49. The van der Waals surface area contributed by atoms with Gasteiger partial charge in [-0.05, 0) is 42.7 Å². The van der Waals surface area contributed by atoms with E-state index in [0.29, 0.717) is 5.02 Å². The van der Waals surface area contributed by atoms with Crippen molar-refractivity contribution < 1.29 is 4.74 Å². The number of halogens is 2. The molecule has 0 bridgehead atoms. The molecule has 0 aliphatic rings. The van der Waals surface area contributed by atoms with Gasteiger partial charge in [0, 0.05) is 15.1 Å². The molecule has 0 aliphatic heterocycles. The van der Waals surface area contributed by atoms with Gasteiger partial charge in [-0.2, -0.15) is 0 Å². The molecule has 21 heavy (non-hydrogen) atoms. The van der Waals surface area contributed by atoms with Crippen LogP contribution in [-0.2, 0) is 0 Å². The molecule has 0 aromatic heterocycles. The summed E-state index contributed by atoms with van der Waals surface area (Å²) in [7, 11) is 1.68. The third-order valence-electron chi connectivity index (χ3n) is 3.66. The predicted molar refractivity (Wildman–Crippen MR) is 90.8 cm³/mol. The Hall–Kier alpha value is -1.07. The highest BCUT2D eigenvalue weighted by Gasteiger charge is 2.21. The van der Waals surface area contributed by atoms with Crippen molar-refractivity contribution in [2.75, 3.05) is 7.11 Å². The van der Waals surface area contributed by atoms with Crippen molar-refractivity contribution in [3.63, 3.8) is 0 Å². The fraction of sp³-hybridized carbons (Fsp3) is 0.250. The van der Waals surface area contributed by atoms with Gasteiger partial charge >= 0.3 is 0 Å². The monoisotopic (exact) mass is 368 g/mol. The molecule has 3 N–H and O–H groups in total. The van der Waals surface area contributed by atoms with E-state index >= 15 is 0 Å². The smallest absolute Gasteiger partial charge is 0.127 e. The highest BCUT2D eigenvalue weighted by molar-refractivity contribution is 9.10. The molecule has 0 saturated heterocycles. The zero-order chi connectivity index (χ0) is 15.6. The van der Waals surface area contributed by atoms with Gasteiger partial charge in [0.25, 0.3) is 0 Å². The molecule has 2 aromatic rings. The summed E-state index contributed by atoms with van der Waals surface area (Å²) >= 11 is 9.55. The van der Waals surface area contributed by atoms with Gasteiger partial charge in [-0.15, -0.1) is 0 Å². The van der Waals surface area contributed by atoms with Crippen LogP contribution in [0.2, 0.25) is 5.02 Å². The van der Waals surface area contributed by atoms with Gasteiger partial charge in [0.1, 0.15) is 5.75 Å². The van der Waals surface area contributed by atoms with E-state index in [4.69, 9.17) is 22.2 Å². The first-order valence-corrected chi connectivity index (χ1v) is 7.71. The molecule has 1 unspecified atom stereocenters. The van der Waals surface area contributed by atoms with Crippen LogP contribution in [0.15, 0.2) is 34.8 Å². The van der Waals surface area contributed by atoms with Gasteiger partial charge in [0.15, 0.2) is 0 Å². The van der Waals surface area contributed by atoms with Crippen LogP contribution in [0.4, 0.5) is 0 Å². The first-order valence-electron chi connectivity index (χ1n) is 6.54. The molecule has 2 rings (SSSR count). The molecule has 2 aromatic carbocycles. The number of aryl methyl sites for hydroxylation is 1. The molecule has 0 amide bonds. The lowest BCUT2D eigenvalue weighted by Crippen LogP contribution is -2.29. The second-order valence-corrected chi connectivity index (χ2v) is 6.19. The minimum absolute atomic E-state index is 0.189. The topological polar surface area (TPSA) is 47.3 Å². The number of ether oxygens (including phenoxy) is 1. The standard InChI is InChI=1S/C16H18BrClN2O/c1-9-4-6-13(16(21-3)10(9)2)15(20-19)12-7-5-11(18)8-14(12)17/h4-8,15,20H,19H2,1-3H3. The Labute approximate surface area is 138 Å². The molecule has 0 radical (unpaired) electrons. The number of nitrogens with one attached hydrogen (secondary N) is 1. The molecule has 0 fully saturated rings. The SMILES string of the molecule is COc1c(C(NN)c2ccc(Cl)cc2Br)ccc(C)c1C. The van der Waals surface area contributed by atoms with Gasteiger partial charge in [-0.3, -0.25) is 5.84 Å². The van der Waals surface area contributed by atoms with E-state index < -0.39 is 0 Å². The average Bonchev–Trinajstić information content (AvgIpc) is 2.45. The Morgan fingerprint density at radius 3 is 2.43 bits per heavy atom. The van der Waals surface area contributed by atoms with Crippen LogP contribution < -0.4 is 16.0 Å². The van der Waals surface area contributed by atoms with Crippen molar-refractivity contribution in [1.82, 2.24) is 5.43 Å².